The van der Waals surface area contributed by atoms with Crippen molar-refractivity contribution in [3.05, 3.63) is 58.3 Å². The quantitative estimate of drug-likeness (QED) is 0.911. The lowest BCUT2D eigenvalue weighted by Crippen LogP contribution is -2.04. The van der Waals surface area contributed by atoms with Crippen LogP contribution in [0.5, 0.6) is 0 Å². The molecule has 0 aliphatic heterocycles. The first-order valence-electron chi connectivity index (χ1n) is 5.41. The molecule has 1 aromatic heterocycles. The van der Waals surface area contributed by atoms with Gasteiger partial charge in [-0.05, 0) is 35.9 Å². The van der Waals surface area contributed by atoms with Crippen LogP contribution in [0.3, 0.4) is 0 Å². The van der Waals surface area contributed by atoms with Crippen molar-refractivity contribution in [2.75, 3.05) is 5.32 Å². The maximum absolute atomic E-state index is 5.59. The predicted octanol–water partition coefficient (Wildman–Crippen LogP) is 2.91. The van der Waals surface area contributed by atoms with Gasteiger partial charge in [-0.1, -0.05) is 22.0 Å². The fraction of sp³-hybridized carbons (Fsp3) is 0.154. The summed E-state index contributed by atoms with van der Waals surface area (Å²) >= 11 is 3.44. The SMILES string of the molecule is NCc1ccnc(CNc2cccc(Br)c2)c1. The minimum Gasteiger partial charge on any atom is -0.379 e. The van der Waals surface area contributed by atoms with E-state index in [1.807, 2.05) is 36.4 Å². The molecule has 0 saturated carbocycles. The summed E-state index contributed by atoms with van der Waals surface area (Å²) in [6, 6.07) is 12.0. The molecule has 88 valence electrons. The minimum absolute atomic E-state index is 0.548. The van der Waals surface area contributed by atoms with Crippen LogP contribution in [-0.4, -0.2) is 4.98 Å². The average Bonchev–Trinajstić information content (AvgIpc) is 2.37. The second kappa shape index (κ2) is 5.80. The maximum Gasteiger partial charge on any atom is 0.0597 e. The van der Waals surface area contributed by atoms with Crippen LogP contribution in [0.1, 0.15) is 11.3 Å². The van der Waals surface area contributed by atoms with Crippen LogP contribution in [-0.2, 0) is 13.1 Å². The highest BCUT2D eigenvalue weighted by atomic mass is 79.9. The van der Waals surface area contributed by atoms with Gasteiger partial charge in [0.05, 0.1) is 12.2 Å². The van der Waals surface area contributed by atoms with Gasteiger partial charge in [0.1, 0.15) is 0 Å². The Morgan fingerprint density at radius 2 is 2.12 bits per heavy atom. The fourth-order valence-corrected chi connectivity index (χ4v) is 1.94. The number of nitrogens with two attached hydrogens (primary N) is 1. The molecule has 0 amide bonds. The number of anilines is 1. The molecule has 3 N–H and O–H groups in total. The molecule has 0 aliphatic carbocycles. The zero-order valence-electron chi connectivity index (χ0n) is 9.36. The Kier molecular flexibility index (Phi) is 4.12. The van der Waals surface area contributed by atoms with Gasteiger partial charge in [-0.2, -0.15) is 0 Å². The molecule has 0 atom stereocenters. The summed E-state index contributed by atoms with van der Waals surface area (Å²) in [5.74, 6) is 0. The van der Waals surface area contributed by atoms with Crippen molar-refractivity contribution in [2.24, 2.45) is 5.73 Å². The van der Waals surface area contributed by atoms with E-state index in [0.29, 0.717) is 13.1 Å². The predicted molar refractivity (Wildman–Crippen MR) is 73.6 cm³/mol. The van der Waals surface area contributed by atoms with Crippen molar-refractivity contribution in [2.45, 2.75) is 13.1 Å². The second-order valence-electron chi connectivity index (χ2n) is 3.72. The van der Waals surface area contributed by atoms with Crippen molar-refractivity contribution in [3.63, 3.8) is 0 Å². The third-order valence-electron chi connectivity index (χ3n) is 2.41. The van der Waals surface area contributed by atoms with Crippen LogP contribution in [0.2, 0.25) is 0 Å². The molecular weight excluding hydrogens is 278 g/mol. The maximum atomic E-state index is 5.59. The van der Waals surface area contributed by atoms with E-state index in [9.17, 15) is 0 Å². The van der Waals surface area contributed by atoms with Crippen LogP contribution >= 0.6 is 15.9 Å². The summed E-state index contributed by atoms with van der Waals surface area (Å²) < 4.78 is 1.06. The van der Waals surface area contributed by atoms with E-state index in [0.717, 1.165) is 21.4 Å². The molecule has 4 heteroatoms. The largest absolute Gasteiger partial charge is 0.379 e. The van der Waals surface area contributed by atoms with Gasteiger partial charge in [0.2, 0.25) is 0 Å². The zero-order valence-corrected chi connectivity index (χ0v) is 10.9. The third-order valence-corrected chi connectivity index (χ3v) is 2.91. The third kappa shape index (κ3) is 3.54. The molecule has 0 aliphatic rings. The van der Waals surface area contributed by atoms with E-state index in [-0.39, 0.29) is 0 Å². The second-order valence-corrected chi connectivity index (χ2v) is 4.64. The topological polar surface area (TPSA) is 50.9 Å². The summed E-state index contributed by atoms with van der Waals surface area (Å²) in [7, 11) is 0. The Morgan fingerprint density at radius 1 is 1.24 bits per heavy atom. The highest BCUT2D eigenvalue weighted by Crippen LogP contribution is 2.16. The summed E-state index contributed by atoms with van der Waals surface area (Å²) in [6.45, 7) is 1.25. The lowest BCUT2D eigenvalue weighted by atomic mass is 10.2. The summed E-state index contributed by atoms with van der Waals surface area (Å²) in [4.78, 5) is 4.30. The molecule has 1 heterocycles. The zero-order chi connectivity index (χ0) is 12.1. The monoisotopic (exact) mass is 291 g/mol. The number of aromatic nitrogens is 1. The molecule has 0 saturated heterocycles. The number of halogens is 1. The molecule has 2 aromatic rings. The summed E-state index contributed by atoms with van der Waals surface area (Å²) in [5, 5.41) is 3.32. The lowest BCUT2D eigenvalue weighted by molar-refractivity contribution is 0.997. The summed E-state index contributed by atoms with van der Waals surface area (Å²) in [6.07, 6.45) is 1.79. The molecule has 0 fully saturated rings. The van der Waals surface area contributed by atoms with Crippen molar-refractivity contribution in [1.29, 1.82) is 0 Å². The van der Waals surface area contributed by atoms with Gasteiger partial charge in [0.15, 0.2) is 0 Å². The Bertz CT molecular complexity index is 500. The molecule has 0 spiro atoms. The van der Waals surface area contributed by atoms with Crippen LogP contribution < -0.4 is 11.1 Å². The van der Waals surface area contributed by atoms with Crippen molar-refractivity contribution < 1.29 is 0 Å². The number of benzene rings is 1. The standard InChI is InChI=1S/C13H14BrN3/c14-11-2-1-3-12(7-11)17-9-13-6-10(8-15)4-5-16-13/h1-7,17H,8-9,15H2. The molecule has 1 aromatic carbocycles. The van der Waals surface area contributed by atoms with Gasteiger partial charge in [-0.3, -0.25) is 4.98 Å². The van der Waals surface area contributed by atoms with E-state index >= 15 is 0 Å². The Balaban J connectivity index is 2.02. The average molecular weight is 292 g/mol. The van der Waals surface area contributed by atoms with E-state index in [4.69, 9.17) is 5.73 Å². The molecule has 0 bridgehead atoms. The normalized spacial score (nSPS) is 10.2. The Morgan fingerprint density at radius 3 is 2.88 bits per heavy atom. The van der Waals surface area contributed by atoms with E-state index in [1.165, 1.54) is 0 Å². The van der Waals surface area contributed by atoms with E-state index in [2.05, 4.69) is 26.2 Å². The van der Waals surface area contributed by atoms with Crippen molar-refractivity contribution >= 4 is 21.6 Å². The molecule has 0 unspecified atom stereocenters. The molecule has 0 radical (unpaired) electrons. The van der Waals surface area contributed by atoms with E-state index in [1.54, 1.807) is 6.20 Å². The smallest absolute Gasteiger partial charge is 0.0597 e. The number of hydrogen-bond acceptors (Lipinski definition) is 3. The van der Waals surface area contributed by atoms with Gasteiger partial charge in [0.25, 0.3) is 0 Å². The minimum atomic E-state index is 0.548. The van der Waals surface area contributed by atoms with E-state index < -0.39 is 0 Å². The molecular formula is C13H14BrN3. The van der Waals surface area contributed by atoms with Crippen LogP contribution in [0.4, 0.5) is 5.69 Å². The number of hydrogen-bond donors (Lipinski definition) is 2. The fourth-order valence-electron chi connectivity index (χ4n) is 1.54. The van der Waals surface area contributed by atoms with Crippen LogP contribution in [0.25, 0.3) is 0 Å². The van der Waals surface area contributed by atoms with Crippen LogP contribution in [0.15, 0.2) is 47.1 Å². The summed E-state index contributed by atoms with van der Waals surface area (Å²) in [5.41, 5.74) is 8.76. The molecule has 3 nitrogen and oxygen atoms in total. The Labute approximate surface area is 109 Å². The Hall–Kier alpha value is -1.39. The van der Waals surface area contributed by atoms with Crippen molar-refractivity contribution in [1.82, 2.24) is 4.98 Å². The van der Waals surface area contributed by atoms with Gasteiger partial charge in [0, 0.05) is 22.9 Å². The number of pyridine rings is 1. The number of rotatable bonds is 4. The first-order chi connectivity index (χ1) is 8.28. The highest BCUT2D eigenvalue weighted by molar-refractivity contribution is 9.10. The van der Waals surface area contributed by atoms with Crippen LogP contribution in [0, 0.1) is 0 Å². The van der Waals surface area contributed by atoms with Gasteiger partial charge < -0.3 is 11.1 Å². The molecule has 2 rings (SSSR count). The van der Waals surface area contributed by atoms with Gasteiger partial charge in [-0.25, -0.2) is 0 Å². The first-order valence-corrected chi connectivity index (χ1v) is 6.20. The number of nitrogens with one attached hydrogen (secondary N) is 1. The van der Waals surface area contributed by atoms with Crippen molar-refractivity contribution in [3.8, 4) is 0 Å². The first kappa shape index (κ1) is 12.1. The molecule has 17 heavy (non-hydrogen) atoms. The van der Waals surface area contributed by atoms with Gasteiger partial charge >= 0.3 is 0 Å². The lowest BCUT2D eigenvalue weighted by Gasteiger charge is -2.07. The highest BCUT2D eigenvalue weighted by Gasteiger charge is 1.97. The number of nitrogens with zero attached hydrogens (tertiary/aromatic N) is 1. The van der Waals surface area contributed by atoms with Gasteiger partial charge in [-0.15, -0.1) is 0 Å².